The van der Waals surface area contributed by atoms with E-state index in [-0.39, 0.29) is 0 Å². The van der Waals surface area contributed by atoms with Crippen molar-refractivity contribution >= 4 is 16.6 Å². The molecule has 0 unspecified atom stereocenters. The fourth-order valence-corrected chi connectivity index (χ4v) is 1.50. The summed E-state index contributed by atoms with van der Waals surface area (Å²) in [6.07, 6.45) is 2.73. The van der Waals surface area contributed by atoms with Crippen molar-refractivity contribution in [1.82, 2.24) is 4.98 Å². The molecule has 2 heteroatoms. The predicted octanol–water partition coefficient (Wildman–Crippen LogP) is 2.48. The molecule has 2 nitrogen and oxygen atoms in total. The largest absolute Gasteiger partial charge is 0.398 e. The van der Waals surface area contributed by atoms with Gasteiger partial charge in [-0.2, -0.15) is 0 Å². The summed E-state index contributed by atoms with van der Waals surface area (Å²) in [6, 6.07) is 7.96. The summed E-state index contributed by atoms with van der Waals surface area (Å²) in [4.78, 5) is 3.29. The maximum Gasteiger partial charge on any atom is 0.0477 e. The van der Waals surface area contributed by atoms with Crippen molar-refractivity contribution < 1.29 is 0 Å². The number of rotatable bonds is 2. The zero-order chi connectivity index (χ0) is 9.26. The summed E-state index contributed by atoms with van der Waals surface area (Å²) in [5, 5.41) is 1.10. The Morgan fingerprint density at radius 3 is 3.00 bits per heavy atom. The molecule has 0 aliphatic carbocycles. The van der Waals surface area contributed by atoms with Gasteiger partial charge in [0.05, 0.1) is 0 Å². The maximum atomic E-state index is 5.82. The van der Waals surface area contributed by atoms with Gasteiger partial charge < -0.3 is 10.7 Å². The van der Waals surface area contributed by atoms with E-state index in [1.54, 1.807) is 0 Å². The summed E-state index contributed by atoms with van der Waals surface area (Å²) in [5.74, 6) is 0. The number of hydrogen-bond donors (Lipinski definition) is 2. The van der Waals surface area contributed by atoms with Gasteiger partial charge in [0.25, 0.3) is 0 Å². The Morgan fingerprint density at radius 1 is 1.46 bits per heavy atom. The molecule has 0 radical (unpaired) electrons. The van der Waals surface area contributed by atoms with Crippen LogP contribution in [0.1, 0.15) is 5.69 Å². The van der Waals surface area contributed by atoms with Crippen LogP contribution < -0.4 is 5.73 Å². The molecule has 0 fully saturated rings. The Labute approximate surface area is 77.1 Å². The van der Waals surface area contributed by atoms with E-state index >= 15 is 0 Å². The van der Waals surface area contributed by atoms with E-state index in [2.05, 4.69) is 17.6 Å². The van der Waals surface area contributed by atoms with Crippen molar-refractivity contribution in [3.63, 3.8) is 0 Å². The van der Waals surface area contributed by atoms with Crippen LogP contribution in [-0.2, 0) is 6.42 Å². The highest BCUT2D eigenvalue weighted by Gasteiger charge is 2.00. The van der Waals surface area contributed by atoms with Crippen LogP contribution in [0.2, 0.25) is 0 Å². The molecule has 0 atom stereocenters. The second-order valence-electron chi connectivity index (χ2n) is 3.10. The van der Waals surface area contributed by atoms with Crippen LogP contribution in [0.25, 0.3) is 10.9 Å². The number of nitrogens with one attached hydrogen (secondary N) is 1. The zero-order valence-corrected chi connectivity index (χ0v) is 7.38. The van der Waals surface area contributed by atoms with Gasteiger partial charge in [-0.15, -0.1) is 6.58 Å². The number of nitrogen functional groups attached to an aromatic ring is 1. The summed E-state index contributed by atoms with van der Waals surface area (Å²) in [7, 11) is 0. The van der Waals surface area contributed by atoms with Crippen molar-refractivity contribution in [3.8, 4) is 0 Å². The van der Waals surface area contributed by atoms with Crippen LogP contribution in [0.15, 0.2) is 36.9 Å². The lowest BCUT2D eigenvalue weighted by Crippen LogP contribution is -1.82. The van der Waals surface area contributed by atoms with Crippen LogP contribution in [0.5, 0.6) is 0 Å². The van der Waals surface area contributed by atoms with Crippen LogP contribution in [0.3, 0.4) is 0 Å². The van der Waals surface area contributed by atoms with Gasteiger partial charge >= 0.3 is 0 Å². The summed E-state index contributed by atoms with van der Waals surface area (Å²) in [5.41, 5.74) is 8.89. The van der Waals surface area contributed by atoms with E-state index in [9.17, 15) is 0 Å². The fraction of sp³-hybridized carbons (Fsp3) is 0.0909. The molecule has 13 heavy (non-hydrogen) atoms. The normalized spacial score (nSPS) is 10.5. The maximum absolute atomic E-state index is 5.82. The van der Waals surface area contributed by atoms with Gasteiger partial charge in [0.15, 0.2) is 0 Å². The average molecular weight is 172 g/mol. The third kappa shape index (κ3) is 1.31. The van der Waals surface area contributed by atoms with Gasteiger partial charge in [-0.05, 0) is 18.2 Å². The Morgan fingerprint density at radius 2 is 2.31 bits per heavy atom. The molecule has 0 bridgehead atoms. The van der Waals surface area contributed by atoms with Gasteiger partial charge in [0.2, 0.25) is 0 Å². The lowest BCUT2D eigenvalue weighted by molar-refractivity contribution is 1.17. The molecular formula is C11H12N2. The number of hydrogen-bond acceptors (Lipinski definition) is 1. The van der Waals surface area contributed by atoms with E-state index in [1.165, 1.54) is 0 Å². The smallest absolute Gasteiger partial charge is 0.0477 e. The van der Waals surface area contributed by atoms with E-state index in [1.807, 2.05) is 24.3 Å². The molecule has 0 saturated carbocycles. The van der Waals surface area contributed by atoms with Crippen molar-refractivity contribution in [2.45, 2.75) is 6.42 Å². The highest BCUT2D eigenvalue weighted by molar-refractivity contribution is 5.91. The Bertz CT molecular complexity index is 440. The minimum absolute atomic E-state index is 0.823. The van der Waals surface area contributed by atoms with E-state index < -0.39 is 0 Å². The quantitative estimate of drug-likeness (QED) is 0.530. The molecule has 1 aromatic carbocycles. The molecule has 0 spiro atoms. The Kier molecular flexibility index (Phi) is 1.81. The van der Waals surface area contributed by atoms with E-state index in [4.69, 9.17) is 5.73 Å². The van der Waals surface area contributed by atoms with Crippen LogP contribution >= 0.6 is 0 Å². The molecule has 2 aromatic rings. The molecule has 0 amide bonds. The number of anilines is 1. The van der Waals surface area contributed by atoms with Crippen LogP contribution in [0.4, 0.5) is 5.69 Å². The number of allylic oxidation sites excluding steroid dienone is 1. The monoisotopic (exact) mass is 172 g/mol. The standard InChI is InChI=1S/C11H12N2/c1-2-4-8-7-9-10(12)5-3-6-11(9)13-8/h2-3,5-7,13H,1,4,12H2. The molecule has 2 rings (SSSR count). The zero-order valence-electron chi connectivity index (χ0n) is 7.38. The number of nitrogens with two attached hydrogens (primary N) is 1. The molecule has 1 aromatic heterocycles. The first-order valence-corrected chi connectivity index (χ1v) is 4.28. The van der Waals surface area contributed by atoms with Crippen molar-refractivity contribution in [3.05, 3.63) is 42.6 Å². The highest BCUT2D eigenvalue weighted by atomic mass is 14.7. The van der Waals surface area contributed by atoms with Gasteiger partial charge in [-0.25, -0.2) is 0 Å². The predicted molar refractivity (Wildman–Crippen MR) is 56.6 cm³/mol. The third-order valence-electron chi connectivity index (χ3n) is 2.12. The molecule has 66 valence electrons. The van der Waals surface area contributed by atoms with Crippen molar-refractivity contribution in [1.29, 1.82) is 0 Å². The highest BCUT2D eigenvalue weighted by Crippen LogP contribution is 2.21. The summed E-state index contributed by atoms with van der Waals surface area (Å²) >= 11 is 0. The number of benzene rings is 1. The SMILES string of the molecule is C=CCc1cc2c(N)cccc2[nH]1. The lowest BCUT2D eigenvalue weighted by Gasteiger charge is -1.92. The fourth-order valence-electron chi connectivity index (χ4n) is 1.50. The van der Waals surface area contributed by atoms with Crippen LogP contribution in [0, 0.1) is 0 Å². The van der Waals surface area contributed by atoms with E-state index in [0.717, 1.165) is 28.7 Å². The number of aromatic nitrogens is 1. The Hall–Kier alpha value is -1.70. The number of H-pyrrole nitrogens is 1. The van der Waals surface area contributed by atoms with Crippen molar-refractivity contribution in [2.75, 3.05) is 5.73 Å². The molecule has 1 heterocycles. The second kappa shape index (κ2) is 2.98. The number of aromatic amines is 1. The van der Waals surface area contributed by atoms with Crippen molar-refractivity contribution in [2.24, 2.45) is 0 Å². The van der Waals surface area contributed by atoms with Crippen LogP contribution in [-0.4, -0.2) is 4.98 Å². The summed E-state index contributed by atoms with van der Waals surface area (Å²) in [6.45, 7) is 3.70. The van der Waals surface area contributed by atoms with Gasteiger partial charge in [0, 0.05) is 28.7 Å². The topological polar surface area (TPSA) is 41.8 Å². The number of fused-ring (bicyclic) bond motifs is 1. The average Bonchev–Trinajstić information content (AvgIpc) is 2.49. The van der Waals surface area contributed by atoms with Gasteiger partial charge in [0.1, 0.15) is 0 Å². The first-order chi connectivity index (χ1) is 6.31. The molecular weight excluding hydrogens is 160 g/mol. The minimum Gasteiger partial charge on any atom is -0.398 e. The summed E-state index contributed by atoms with van der Waals surface area (Å²) < 4.78 is 0. The molecule has 3 N–H and O–H groups in total. The third-order valence-corrected chi connectivity index (χ3v) is 2.12. The Balaban J connectivity index is 2.61. The van der Waals surface area contributed by atoms with Gasteiger partial charge in [-0.3, -0.25) is 0 Å². The van der Waals surface area contributed by atoms with Gasteiger partial charge in [-0.1, -0.05) is 12.1 Å². The molecule has 0 saturated heterocycles. The first kappa shape index (κ1) is 7.92. The van der Waals surface area contributed by atoms with E-state index in [0.29, 0.717) is 0 Å². The first-order valence-electron chi connectivity index (χ1n) is 4.28. The minimum atomic E-state index is 0.823. The molecule has 0 aliphatic heterocycles. The lowest BCUT2D eigenvalue weighted by atomic mass is 10.2. The second-order valence-corrected chi connectivity index (χ2v) is 3.10. The molecule has 0 aliphatic rings.